The molecule has 1 unspecified atom stereocenters. The molecule has 0 saturated carbocycles. The Morgan fingerprint density at radius 3 is 1.94 bits per heavy atom. The van der Waals surface area contributed by atoms with E-state index >= 15 is 0 Å². The predicted octanol–water partition coefficient (Wildman–Crippen LogP) is -15.5. The third kappa shape index (κ3) is 19.3. The summed E-state index contributed by atoms with van der Waals surface area (Å²) in [6, 6.07) is -2.86. The number of thioether (sulfide) groups is 1. The maximum absolute atomic E-state index is 12.0. The minimum atomic E-state index is -1.64. The summed E-state index contributed by atoms with van der Waals surface area (Å²) in [5, 5.41) is 43.1. The van der Waals surface area contributed by atoms with Gasteiger partial charge < -0.3 is 51.2 Å². The van der Waals surface area contributed by atoms with Crippen LogP contribution in [0.25, 0.3) is 0 Å². The molecule has 0 aromatic carbocycles. The van der Waals surface area contributed by atoms with Crippen molar-refractivity contribution in [1.29, 1.82) is 0 Å². The molecule has 5 N–H and O–H groups in total. The smallest absolute Gasteiger partial charge is 0.550 e. The van der Waals surface area contributed by atoms with E-state index < -0.39 is 78.2 Å². The molecule has 3 atom stereocenters. The number of nitrogens with one attached hydrogen (secondary N) is 2. The van der Waals surface area contributed by atoms with Crippen molar-refractivity contribution in [2.24, 2.45) is 5.73 Å². The molecule has 0 heterocycles. The second kappa shape index (κ2) is 20.7. The monoisotopic (exact) mass is 489 g/mol. The van der Waals surface area contributed by atoms with Gasteiger partial charge in [-0.1, -0.05) is 0 Å². The number of hydrogen-bond acceptors (Lipinski definition) is 11. The standard InChI is InChI=1S/C14H21N3O10S.3Na/c15-6(13(24)25)1-2-9(18)17-7(12(23)16-4-11(21)22)5-28-8(14(26)27)3-10(19)20;;;/h6-8H,1-5,15H2,(H,16,23)(H,17,18)(H,19,20)(H,21,22)(H,24,25)(H,26,27);;;/q;3*+1/p-3/t6-,7-,8?;;;/m0.../s1. The number of aliphatic carboxylic acids is 4. The zero-order valence-corrected chi connectivity index (χ0v) is 24.2. The van der Waals surface area contributed by atoms with Crippen molar-refractivity contribution >= 4 is 47.5 Å². The van der Waals surface area contributed by atoms with Gasteiger partial charge in [-0.3, -0.25) is 14.4 Å². The number of amides is 2. The Balaban J connectivity index is -0.00000121. The van der Waals surface area contributed by atoms with Gasteiger partial charge in [-0.05, 0) is 6.42 Å². The van der Waals surface area contributed by atoms with Gasteiger partial charge in [-0.25, -0.2) is 0 Å². The average Bonchev–Trinajstić information content (AvgIpc) is 2.58. The summed E-state index contributed by atoms with van der Waals surface area (Å²) in [7, 11) is 0. The molecule has 0 rings (SSSR count). The van der Waals surface area contributed by atoms with Crippen molar-refractivity contribution in [2.45, 2.75) is 36.6 Å². The summed E-state index contributed by atoms with van der Waals surface area (Å²) in [4.78, 5) is 66.4. The van der Waals surface area contributed by atoms with Gasteiger partial charge in [0.15, 0.2) is 0 Å². The number of hydrogen-bond donors (Lipinski definition) is 4. The zero-order valence-electron chi connectivity index (χ0n) is 17.4. The van der Waals surface area contributed by atoms with Crippen molar-refractivity contribution in [1.82, 2.24) is 10.6 Å². The maximum atomic E-state index is 12.0. The first-order chi connectivity index (χ1) is 12.9. The van der Waals surface area contributed by atoms with E-state index in [2.05, 4.69) is 5.32 Å². The van der Waals surface area contributed by atoms with Gasteiger partial charge in [-0.2, -0.15) is 0 Å². The molecule has 17 heteroatoms. The molecule has 0 aromatic heterocycles. The number of rotatable bonds is 14. The maximum Gasteiger partial charge on any atom is 1.00 e. The van der Waals surface area contributed by atoms with Crippen molar-refractivity contribution in [3.63, 3.8) is 0 Å². The number of carbonyl (C=O) groups is 6. The first-order valence-corrected chi connectivity index (χ1v) is 8.76. The molecule has 0 aliphatic rings. The molecular weight excluding hydrogens is 471 g/mol. The van der Waals surface area contributed by atoms with Crippen molar-refractivity contribution in [3.05, 3.63) is 0 Å². The normalized spacial score (nSPS) is 12.3. The topological polar surface area (TPSA) is 242 Å². The molecule has 13 nitrogen and oxygen atoms in total. The van der Waals surface area contributed by atoms with Crippen molar-refractivity contribution in [2.75, 3.05) is 12.3 Å². The molecule has 0 aliphatic carbocycles. The van der Waals surface area contributed by atoms with Gasteiger partial charge in [0, 0.05) is 30.6 Å². The van der Waals surface area contributed by atoms with Gasteiger partial charge in [0.25, 0.3) is 0 Å². The van der Waals surface area contributed by atoms with Crippen molar-refractivity contribution < 1.29 is 138 Å². The Kier molecular flexibility index (Phi) is 25.7. The number of nitrogens with two attached hydrogens (primary N) is 1. The fourth-order valence-electron chi connectivity index (χ4n) is 1.72. The predicted molar refractivity (Wildman–Crippen MR) is 85.7 cm³/mol. The van der Waals surface area contributed by atoms with Crippen LogP contribution in [0.2, 0.25) is 0 Å². The number of carboxylic acid groups (broad SMARTS) is 4. The van der Waals surface area contributed by atoms with Crippen LogP contribution in [-0.2, 0) is 28.8 Å². The van der Waals surface area contributed by atoms with E-state index in [0.29, 0.717) is 11.8 Å². The van der Waals surface area contributed by atoms with Gasteiger partial charge in [-0.15, -0.1) is 11.8 Å². The Morgan fingerprint density at radius 2 is 1.52 bits per heavy atom. The molecular formula is C14H18N3Na3O10S. The molecule has 2 amide bonds. The Hall–Kier alpha value is 0.130. The van der Waals surface area contributed by atoms with Crippen LogP contribution in [0.1, 0.15) is 19.3 Å². The zero-order chi connectivity index (χ0) is 21.9. The molecule has 31 heavy (non-hydrogen) atoms. The minimum Gasteiger partial charge on any atom is -0.550 e. The summed E-state index contributed by atoms with van der Waals surface area (Å²) in [5.41, 5.74) is 5.19. The Bertz CT molecular complexity index is 641. The van der Waals surface area contributed by atoms with E-state index in [1.165, 1.54) is 0 Å². The summed E-state index contributed by atoms with van der Waals surface area (Å²) >= 11 is 0.512. The van der Waals surface area contributed by atoms with E-state index in [1.807, 2.05) is 5.32 Å². The fourth-order valence-corrected chi connectivity index (χ4v) is 2.77. The van der Waals surface area contributed by atoms with Gasteiger partial charge in [0.2, 0.25) is 11.8 Å². The van der Waals surface area contributed by atoms with Gasteiger partial charge in [0.1, 0.15) is 11.3 Å². The van der Waals surface area contributed by atoms with Crippen molar-refractivity contribution in [3.8, 4) is 0 Å². The molecule has 158 valence electrons. The molecule has 0 bridgehead atoms. The summed E-state index contributed by atoms with van der Waals surface area (Å²) < 4.78 is 0. The molecule has 0 saturated heterocycles. The minimum absolute atomic E-state index is 0. The van der Waals surface area contributed by atoms with Crippen LogP contribution in [0.3, 0.4) is 0 Å². The van der Waals surface area contributed by atoms with E-state index in [4.69, 9.17) is 10.8 Å². The fraction of sp³-hybridized carbons (Fsp3) is 0.571. The van der Waals surface area contributed by atoms with E-state index in [1.54, 1.807) is 0 Å². The van der Waals surface area contributed by atoms with Crippen LogP contribution in [0.4, 0.5) is 0 Å². The first-order valence-electron chi connectivity index (χ1n) is 7.71. The number of carboxylic acids is 4. The molecule has 0 spiro atoms. The summed E-state index contributed by atoms with van der Waals surface area (Å²) in [6.07, 6.45) is -1.58. The van der Waals surface area contributed by atoms with Gasteiger partial charge in [0.05, 0.1) is 18.5 Å². The molecule has 0 radical (unpaired) electrons. The van der Waals surface area contributed by atoms with Crippen LogP contribution in [0.5, 0.6) is 0 Å². The van der Waals surface area contributed by atoms with Crippen LogP contribution in [-0.4, -0.2) is 70.4 Å². The van der Waals surface area contributed by atoms with Crippen LogP contribution >= 0.6 is 11.8 Å². The quantitative estimate of drug-likeness (QED) is 0.166. The Morgan fingerprint density at radius 1 is 0.968 bits per heavy atom. The third-order valence-corrected chi connectivity index (χ3v) is 4.43. The third-order valence-electron chi connectivity index (χ3n) is 3.14. The van der Waals surface area contributed by atoms with Crippen LogP contribution < -0.4 is 120 Å². The van der Waals surface area contributed by atoms with E-state index in [9.17, 15) is 44.1 Å². The van der Waals surface area contributed by atoms with E-state index in [0.717, 1.165) is 0 Å². The largest absolute Gasteiger partial charge is 1.00 e. The Labute approximate surface area is 247 Å². The SMILES string of the molecule is N[C@@H](CCC(=O)N[C@@H](CSC(CC(=O)[O-])C(=O)O)C(=O)NCC(=O)[O-])C(=O)[O-].[Na+].[Na+].[Na+]. The summed E-state index contributed by atoms with van der Waals surface area (Å²) in [5.74, 6) is -8.57. The molecule has 0 fully saturated rings. The van der Waals surface area contributed by atoms with E-state index in [-0.39, 0.29) is 95.1 Å². The number of carbonyl (C=O) groups excluding carboxylic acids is 5. The average molecular weight is 489 g/mol. The summed E-state index contributed by atoms with van der Waals surface area (Å²) in [6.45, 7) is -0.882. The first kappa shape index (κ1) is 38.4. The molecule has 0 aromatic rings. The molecule has 0 aliphatic heterocycles. The van der Waals surface area contributed by atoms with Gasteiger partial charge >= 0.3 is 94.6 Å². The van der Waals surface area contributed by atoms with Crippen LogP contribution in [0, 0.1) is 0 Å². The second-order valence-electron chi connectivity index (χ2n) is 5.41. The van der Waals surface area contributed by atoms with Crippen LogP contribution in [0.15, 0.2) is 0 Å². The second-order valence-corrected chi connectivity index (χ2v) is 6.65.